The van der Waals surface area contributed by atoms with E-state index in [1.54, 1.807) is 48.8 Å². The Hall–Kier alpha value is -2.55. The van der Waals surface area contributed by atoms with Crippen LogP contribution in [0, 0.1) is 0 Å². The van der Waals surface area contributed by atoms with Crippen LogP contribution in [0.2, 0.25) is 0 Å². The lowest BCUT2D eigenvalue weighted by molar-refractivity contribution is -0.140. The van der Waals surface area contributed by atoms with Gasteiger partial charge in [0.15, 0.2) is 0 Å². The predicted molar refractivity (Wildman–Crippen MR) is 105 cm³/mol. The Balaban J connectivity index is 2.03. The molecule has 28 heavy (non-hydrogen) atoms. The fraction of sp³-hybridized carbons (Fsp3) is 0.250. The van der Waals surface area contributed by atoms with Crippen molar-refractivity contribution in [1.29, 1.82) is 0 Å². The SMILES string of the molecule is O=C1C(=O)N(CCOCCO)C(c2cccnc2)C1=C(O)c1ccc(Br)cc1. The molecule has 1 saturated heterocycles. The average Bonchev–Trinajstić information content (AvgIpc) is 2.97. The number of aliphatic hydroxyl groups excluding tert-OH is 2. The highest BCUT2D eigenvalue weighted by atomic mass is 79.9. The first-order valence-electron chi connectivity index (χ1n) is 8.67. The van der Waals surface area contributed by atoms with E-state index in [9.17, 15) is 14.7 Å². The van der Waals surface area contributed by atoms with E-state index in [1.165, 1.54) is 4.90 Å². The lowest BCUT2D eigenvalue weighted by atomic mass is 9.96. The standard InChI is InChI=1S/C20H19BrN2O5/c21-15-5-3-13(4-6-15)18(25)16-17(14-2-1-7-22-12-14)23(20(27)19(16)26)8-10-28-11-9-24/h1-7,12,17,24-25H,8-11H2. The minimum Gasteiger partial charge on any atom is -0.507 e. The molecule has 0 bridgehead atoms. The topological polar surface area (TPSA) is 100.0 Å². The van der Waals surface area contributed by atoms with E-state index in [1.807, 2.05) is 0 Å². The van der Waals surface area contributed by atoms with Crippen LogP contribution in [0.1, 0.15) is 17.2 Å². The van der Waals surface area contributed by atoms with E-state index in [0.29, 0.717) is 11.1 Å². The highest BCUT2D eigenvalue weighted by molar-refractivity contribution is 9.10. The number of carbonyl (C=O) groups is 2. The predicted octanol–water partition coefficient (Wildman–Crippen LogP) is 2.27. The number of hydrogen-bond acceptors (Lipinski definition) is 6. The Labute approximate surface area is 170 Å². The van der Waals surface area contributed by atoms with Crippen LogP contribution in [0.3, 0.4) is 0 Å². The zero-order valence-electron chi connectivity index (χ0n) is 14.9. The highest BCUT2D eigenvalue weighted by Crippen LogP contribution is 2.38. The smallest absolute Gasteiger partial charge is 0.295 e. The summed E-state index contributed by atoms with van der Waals surface area (Å²) in [5.74, 6) is -1.70. The first-order valence-corrected chi connectivity index (χ1v) is 9.46. The quantitative estimate of drug-likeness (QED) is 0.293. The second-order valence-corrected chi connectivity index (χ2v) is 7.04. The maximum atomic E-state index is 12.8. The van der Waals surface area contributed by atoms with Crippen molar-refractivity contribution in [2.45, 2.75) is 6.04 Å². The minimum absolute atomic E-state index is 0.0162. The van der Waals surface area contributed by atoms with Crippen molar-refractivity contribution in [1.82, 2.24) is 9.88 Å². The van der Waals surface area contributed by atoms with E-state index in [4.69, 9.17) is 9.84 Å². The van der Waals surface area contributed by atoms with Crippen molar-refractivity contribution in [2.24, 2.45) is 0 Å². The van der Waals surface area contributed by atoms with Gasteiger partial charge in [0, 0.05) is 29.0 Å². The van der Waals surface area contributed by atoms with E-state index in [0.717, 1.165) is 4.47 Å². The molecule has 7 nitrogen and oxygen atoms in total. The Kier molecular flexibility index (Phi) is 6.56. The molecule has 1 unspecified atom stereocenters. The molecule has 8 heteroatoms. The number of hydrogen-bond donors (Lipinski definition) is 2. The van der Waals surface area contributed by atoms with Gasteiger partial charge in [0.05, 0.1) is 31.4 Å². The summed E-state index contributed by atoms with van der Waals surface area (Å²) in [4.78, 5) is 30.8. The summed E-state index contributed by atoms with van der Waals surface area (Å²) in [5, 5.41) is 19.7. The fourth-order valence-corrected chi connectivity index (χ4v) is 3.35. The maximum absolute atomic E-state index is 12.8. The normalized spacial score (nSPS) is 18.6. The van der Waals surface area contributed by atoms with Crippen LogP contribution < -0.4 is 0 Å². The Morgan fingerprint density at radius 2 is 1.93 bits per heavy atom. The first kappa shape index (κ1) is 20.2. The molecule has 146 valence electrons. The van der Waals surface area contributed by atoms with Crippen molar-refractivity contribution in [2.75, 3.05) is 26.4 Å². The number of Topliss-reactive ketones (excluding diaryl/α,β-unsaturated/α-hetero) is 1. The third kappa shape index (κ3) is 4.14. The van der Waals surface area contributed by atoms with Gasteiger partial charge < -0.3 is 19.8 Å². The number of benzene rings is 1. The molecule has 1 aliphatic heterocycles. The van der Waals surface area contributed by atoms with E-state index < -0.39 is 17.7 Å². The summed E-state index contributed by atoms with van der Waals surface area (Å²) in [6.45, 7) is 0.304. The zero-order valence-corrected chi connectivity index (χ0v) is 16.5. The number of aromatic nitrogens is 1. The lowest BCUT2D eigenvalue weighted by Gasteiger charge is -2.24. The summed E-state index contributed by atoms with van der Waals surface area (Å²) in [7, 11) is 0. The molecule has 1 aliphatic rings. The van der Waals surface area contributed by atoms with Crippen molar-refractivity contribution >= 4 is 33.4 Å². The summed E-state index contributed by atoms with van der Waals surface area (Å²) < 4.78 is 6.08. The summed E-state index contributed by atoms with van der Waals surface area (Å²) >= 11 is 3.33. The van der Waals surface area contributed by atoms with Gasteiger partial charge in [-0.25, -0.2) is 0 Å². The number of rotatable bonds is 7. The minimum atomic E-state index is -0.768. The van der Waals surface area contributed by atoms with Crippen LogP contribution in [0.5, 0.6) is 0 Å². The highest BCUT2D eigenvalue weighted by Gasteiger charge is 2.45. The molecule has 2 heterocycles. The van der Waals surface area contributed by atoms with Gasteiger partial charge in [-0.3, -0.25) is 14.6 Å². The van der Waals surface area contributed by atoms with Gasteiger partial charge in [-0.1, -0.05) is 34.1 Å². The second kappa shape index (κ2) is 9.09. The molecule has 3 rings (SSSR count). The molecule has 2 aromatic rings. The first-order chi connectivity index (χ1) is 13.5. The van der Waals surface area contributed by atoms with Crippen LogP contribution in [0.15, 0.2) is 58.8 Å². The van der Waals surface area contributed by atoms with Crippen molar-refractivity contribution in [3.63, 3.8) is 0 Å². The molecule has 0 radical (unpaired) electrons. The van der Waals surface area contributed by atoms with Gasteiger partial charge in [-0.15, -0.1) is 0 Å². The zero-order chi connectivity index (χ0) is 20.1. The fourth-order valence-electron chi connectivity index (χ4n) is 3.09. The molecule has 1 aromatic heterocycles. The van der Waals surface area contributed by atoms with Gasteiger partial charge in [0.2, 0.25) is 0 Å². The number of likely N-dealkylation sites (tertiary alicyclic amines) is 1. The molecular formula is C20H19BrN2O5. The lowest BCUT2D eigenvalue weighted by Crippen LogP contribution is -2.33. The monoisotopic (exact) mass is 446 g/mol. The molecule has 0 aliphatic carbocycles. The Morgan fingerprint density at radius 1 is 1.18 bits per heavy atom. The van der Waals surface area contributed by atoms with Crippen LogP contribution in [-0.2, 0) is 14.3 Å². The van der Waals surface area contributed by atoms with Crippen LogP contribution in [0.25, 0.3) is 5.76 Å². The van der Waals surface area contributed by atoms with Crippen LogP contribution in [0.4, 0.5) is 0 Å². The van der Waals surface area contributed by atoms with E-state index >= 15 is 0 Å². The van der Waals surface area contributed by atoms with Gasteiger partial charge >= 0.3 is 0 Å². The van der Waals surface area contributed by atoms with Crippen molar-refractivity contribution in [3.05, 3.63) is 70.0 Å². The van der Waals surface area contributed by atoms with Gasteiger partial charge in [-0.05, 0) is 23.8 Å². The number of amides is 1. The van der Waals surface area contributed by atoms with Gasteiger partial charge in [0.25, 0.3) is 11.7 Å². The molecular weight excluding hydrogens is 428 g/mol. The molecule has 1 aromatic carbocycles. The number of ether oxygens (including phenoxy) is 1. The summed E-state index contributed by atoms with van der Waals surface area (Å²) in [6, 6.07) is 9.50. The second-order valence-electron chi connectivity index (χ2n) is 6.12. The third-order valence-electron chi connectivity index (χ3n) is 4.37. The van der Waals surface area contributed by atoms with Crippen LogP contribution >= 0.6 is 15.9 Å². The van der Waals surface area contributed by atoms with Gasteiger partial charge in [-0.2, -0.15) is 0 Å². The number of aliphatic hydroxyl groups is 2. The number of pyridine rings is 1. The van der Waals surface area contributed by atoms with Gasteiger partial charge in [0.1, 0.15) is 5.76 Å². The van der Waals surface area contributed by atoms with Crippen molar-refractivity contribution < 1.29 is 24.5 Å². The Morgan fingerprint density at radius 3 is 2.57 bits per heavy atom. The largest absolute Gasteiger partial charge is 0.507 e. The number of carbonyl (C=O) groups excluding carboxylic acids is 2. The number of nitrogens with zero attached hydrogens (tertiary/aromatic N) is 2. The average molecular weight is 447 g/mol. The third-order valence-corrected chi connectivity index (χ3v) is 4.90. The Bertz CT molecular complexity index is 883. The number of halogens is 1. The number of ketones is 1. The van der Waals surface area contributed by atoms with E-state index in [-0.39, 0.29) is 37.7 Å². The maximum Gasteiger partial charge on any atom is 0.295 e. The van der Waals surface area contributed by atoms with Crippen LogP contribution in [-0.4, -0.2) is 58.2 Å². The molecule has 1 atom stereocenters. The molecule has 1 amide bonds. The molecule has 1 fully saturated rings. The van der Waals surface area contributed by atoms with Crippen molar-refractivity contribution in [3.8, 4) is 0 Å². The summed E-state index contributed by atoms with van der Waals surface area (Å²) in [5.41, 5.74) is 1.07. The summed E-state index contributed by atoms with van der Waals surface area (Å²) in [6.07, 6.45) is 3.15. The molecule has 0 spiro atoms. The van der Waals surface area contributed by atoms with E-state index in [2.05, 4.69) is 20.9 Å². The molecule has 2 N–H and O–H groups in total. The molecule has 0 saturated carbocycles.